The first kappa shape index (κ1) is 21.6. The SMILES string of the molecule is CCOC(=O)c1c(-c2ccc(Cl)cc2)noc1NC(=O)Cc1noc2cc(C)c(C)cc12. The number of hydrogen-bond acceptors (Lipinski definition) is 7. The zero-order chi connectivity index (χ0) is 22.8. The Morgan fingerprint density at radius 1 is 1.06 bits per heavy atom. The van der Waals surface area contributed by atoms with E-state index in [1.54, 1.807) is 31.2 Å². The largest absolute Gasteiger partial charge is 0.462 e. The van der Waals surface area contributed by atoms with Crippen LogP contribution in [0.15, 0.2) is 45.4 Å². The van der Waals surface area contributed by atoms with Crippen LogP contribution in [0.1, 0.15) is 34.1 Å². The Morgan fingerprint density at radius 3 is 2.50 bits per heavy atom. The third-order valence-corrected chi connectivity index (χ3v) is 5.28. The van der Waals surface area contributed by atoms with Gasteiger partial charge in [-0.05, 0) is 56.2 Å². The van der Waals surface area contributed by atoms with Gasteiger partial charge in [0.1, 0.15) is 11.4 Å². The number of ether oxygens (including phenoxy) is 1. The van der Waals surface area contributed by atoms with Crippen molar-refractivity contribution in [1.82, 2.24) is 10.3 Å². The summed E-state index contributed by atoms with van der Waals surface area (Å²) in [6.07, 6.45) is -0.0747. The number of hydrogen-bond donors (Lipinski definition) is 1. The molecule has 0 saturated heterocycles. The maximum atomic E-state index is 12.7. The smallest absolute Gasteiger partial charge is 0.346 e. The Balaban J connectivity index is 1.62. The van der Waals surface area contributed by atoms with E-state index in [9.17, 15) is 9.59 Å². The predicted molar refractivity (Wildman–Crippen MR) is 119 cm³/mol. The summed E-state index contributed by atoms with van der Waals surface area (Å²) >= 11 is 5.95. The maximum absolute atomic E-state index is 12.7. The van der Waals surface area contributed by atoms with Gasteiger partial charge in [-0.1, -0.05) is 34.0 Å². The fraction of sp³-hybridized carbons (Fsp3) is 0.217. The van der Waals surface area contributed by atoms with E-state index in [0.717, 1.165) is 16.5 Å². The van der Waals surface area contributed by atoms with Crippen molar-refractivity contribution in [2.24, 2.45) is 0 Å². The first-order valence-corrected chi connectivity index (χ1v) is 10.3. The molecule has 0 bridgehead atoms. The van der Waals surface area contributed by atoms with Crippen LogP contribution >= 0.6 is 11.6 Å². The second-order valence-electron chi connectivity index (χ2n) is 7.25. The number of fused-ring (bicyclic) bond motifs is 1. The van der Waals surface area contributed by atoms with E-state index in [4.69, 9.17) is 25.4 Å². The van der Waals surface area contributed by atoms with Gasteiger partial charge >= 0.3 is 5.97 Å². The van der Waals surface area contributed by atoms with Gasteiger partial charge in [-0.25, -0.2) is 4.79 Å². The third kappa shape index (κ3) is 4.22. The molecule has 8 nitrogen and oxygen atoms in total. The average Bonchev–Trinajstić information content (AvgIpc) is 3.33. The Labute approximate surface area is 188 Å². The van der Waals surface area contributed by atoms with Gasteiger partial charge in [0.2, 0.25) is 11.8 Å². The van der Waals surface area contributed by atoms with Gasteiger partial charge in [-0.2, -0.15) is 0 Å². The summed E-state index contributed by atoms with van der Waals surface area (Å²) in [5, 5.41) is 11.9. The van der Waals surface area contributed by atoms with Gasteiger partial charge in [-0.15, -0.1) is 0 Å². The lowest BCUT2D eigenvalue weighted by Gasteiger charge is -2.05. The van der Waals surface area contributed by atoms with Crippen LogP contribution in [0.5, 0.6) is 0 Å². The standard InChI is InChI=1S/C23H20ClN3O5/c1-4-30-23(29)20-21(14-5-7-15(24)8-6-14)27-32-22(20)25-19(28)11-17-16-9-12(2)13(3)10-18(16)31-26-17/h5-10H,4,11H2,1-3H3,(H,25,28). The third-order valence-electron chi connectivity index (χ3n) is 5.03. The second kappa shape index (κ2) is 8.84. The molecular weight excluding hydrogens is 434 g/mol. The lowest BCUT2D eigenvalue weighted by atomic mass is 10.1. The van der Waals surface area contributed by atoms with Crippen LogP contribution in [0.25, 0.3) is 22.2 Å². The van der Waals surface area contributed by atoms with E-state index < -0.39 is 11.9 Å². The molecule has 0 aliphatic carbocycles. The average molecular weight is 454 g/mol. The molecule has 0 spiro atoms. The highest BCUT2D eigenvalue weighted by atomic mass is 35.5. The van der Waals surface area contributed by atoms with Crippen molar-refractivity contribution >= 4 is 40.3 Å². The molecule has 32 heavy (non-hydrogen) atoms. The molecule has 0 saturated carbocycles. The topological polar surface area (TPSA) is 107 Å². The van der Waals surface area contributed by atoms with Crippen molar-refractivity contribution in [3.63, 3.8) is 0 Å². The number of halogens is 1. The van der Waals surface area contributed by atoms with Crippen LogP contribution in [-0.4, -0.2) is 28.8 Å². The van der Waals surface area contributed by atoms with Gasteiger partial charge in [0.15, 0.2) is 11.1 Å². The van der Waals surface area contributed by atoms with E-state index >= 15 is 0 Å². The Morgan fingerprint density at radius 2 is 1.78 bits per heavy atom. The molecule has 0 radical (unpaired) electrons. The molecule has 1 amide bonds. The first-order valence-electron chi connectivity index (χ1n) is 9.95. The van der Waals surface area contributed by atoms with Crippen LogP contribution < -0.4 is 5.32 Å². The van der Waals surface area contributed by atoms with Gasteiger partial charge in [0.05, 0.1) is 13.0 Å². The summed E-state index contributed by atoms with van der Waals surface area (Å²) in [6.45, 7) is 5.79. The highest BCUT2D eigenvalue weighted by Gasteiger charge is 2.27. The van der Waals surface area contributed by atoms with Crippen molar-refractivity contribution < 1.29 is 23.4 Å². The molecule has 0 aliphatic rings. The summed E-state index contributed by atoms with van der Waals surface area (Å²) in [5.74, 6) is -1.20. The number of benzene rings is 2. The number of amides is 1. The molecule has 2 heterocycles. The molecule has 0 aliphatic heterocycles. The number of carbonyl (C=O) groups is 2. The molecule has 4 aromatic rings. The van der Waals surface area contributed by atoms with Crippen LogP contribution in [0.3, 0.4) is 0 Å². The van der Waals surface area contributed by atoms with Crippen LogP contribution in [0.2, 0.25) is 5.02 Å². The Bertz CT molecular complexity index is 1310. The zero-order valence-corrected chi connectivity index (χ0v) is 18.4. The molecule has 2 aromatic heterocycles. The summed E-state index contributed by atoms with van der Waals surface area (Å²) in [5.41, 5.74) is 4.08. The van der Waals surface area contributed by atoms with Gasteiger partial charge in [-0.3, -0.25) is 10.1 Å². The number of esters is 1. The molecule has 9 heteroatoms. The molecule has 1 N–H and O–H groups in total. The molecule has 4 rings (SSSR count). The van der Waals surface area contributed by atoms with Crippen molar-refractivity contribution in [3.8, 4) is 11.3 Å². The molecule has 164 valence electrons. The van der Waals surface area contributed by atoms with Crippen molar-refractivity contribution in [2.75, 3.05) is 11.9 Å². The summed E-state index contributed by atoms with van der Waals surface area (Å²) in [7, 11) is 0. The first-order chi connectivity index (χ1) is 15.4. The van der Waals surface area contributed by atoms with Crippen LogP contribution in [0, 0.1) is 13.8 Å². The lowest BCUT2D eigenvalue weighted by Crippen LogP contribution is -2.17. The number of nitrogens with zero attached hydrogens (tertiary/aromatic N) is 2. The molecule has 2 aromatic carbocycles. The number of aromatic nitrogens is 2. The van der Waals surface area contributed by atoms with E-state index in [1.165, 1.54) is 0 Å². The minimum absolute atomic E-state index is 0.0269. The highest BCUT2D eigenvalue weighted by Crippen LogP contribution is 2.31. The van der Waals surface area contributed by atoms with Gasteiger partial charge in [0, 0.05) is 16.0 Å². The fourth-order valence-corrected chi connectivity index (χ4v) is 3.39. The maximum Gasteiger partial charge on any atom is 0.346 e. The number of rotatable bonds is 6. The van der Waals surface area contributed by atoms with Gasteiger partial charge < -0.3 is 13.8 Å². The van der Waals surface area contributed by atoms with E-state index in [2.05, 4.69) is 15.6 Å². The van der Waals surface area contributed by atoms with E-state index in [0.29, 0.717) is 21.9 Å². The highest BCUT2D eigenvalue weighted by molar-refractivity contribution is 6.30. The number of nitrogens with one attached hydrogen (secondary N) is 1. The van der Waals surface area contributed by atoms with Crippen LogP contribution in [0.4, 0.5) is 5.88 Å². The quantitative estimate of drug-likeness (QED) is 0.404. The molecular formula is C23H20ClN3O5. The van der Waals surface area contributed by atoms with Crippen molar-refractivity contribution in [3.05, 3.63) is 63.8 Å². The normalized spacial score (nSPS) is 11.0. The van der Waals surface area contributed by atoms with Crippen LogP contribution in [-0.2, 0) is 16.0 Å². The molecule has 0 unspecified atom stereocenters. The van der Waals surface area contributed by atoms with E-state index in [-0.39, 0.29) is 30.2 Å². The van der Waals surface area contributed by atoms with Gasteiger partial charge in [0.25, 0.3) is 0 Å². The summed E-state index contributed by atoms with van der Waals surface area (Å²) < 4.78 is 15.8. The Hall–Kier alpha value is -3.65. The predicted octanol–water partition coefficient (Wildman–Crippen LogP) is 5.11. The number of anilines is 1. The monoisotopic (exact) mass is 453 g/mol. The zero-order valence-electron chi connectivity index (χ0n) is 17.7. The Kier molecular flexibility index (Phi) is 5.96. The number of aryl methyl sites for hydroxylation is 2. The fourth-order valence-electron chi connectivity index (χ4n) is 3.27. The molecule has 0 atom stereocenters. The minimum atomic E-state index is -0.660. The van der Waals surface area contributed by atoms with E-state index in [1.807, 2.05) is 26.0 Å². The summed E-state index contributed by atoms with van der Waals surface area (Å²) in [6, 6.07) is 10.5. The number of carbonyl (C=O) groups excluding carboxylic acids is 2. The summed E-state index contributed by atoms with van der Waals surface area (Å²) in [4.78, 5) is 25.4. The molecule has 0 fully saturated rings. The van der Waals surface area contributed by atoms with Crippen molar-refractivity contribution in [1.29, 1.82) is 0 Å². The lowest BCUT2D eigenvalue weighted by molar-refractivity contribution is -0.115. The van der Waals surface area contributed by atoms with Crippen molar-refractivity contribution in [2.45, 2.75) is 27.2 Å². The second-order valence-corrected chi connectivity index (χ2v) is 7.69. The minimum Gasteiger partial charge on any atom is -0.462 e.